The number of likely N-dealkylation sites (N-methyl/N-ethyl adjacent to an activating group) is 1. The molecule has 1 N–H and O–H groups in total. The minimum Gasteiger partial charge on any atom is -0.318 e. The fourth-order valence-electron chi connectivity index (χ4n) is 1.69. The molecule has 0 atom stereocenters. The molecule has 0 saturated carbocycles. The summed E-state index contributed by atoms with van der Waals surface area (Å²) in [4.78, 5) is 1.64. The monoisotopic (exact) mass is 245 g/mol. The van der Waals surface area contributed by atoms with Crippen LogP contribution in [0.4, 0.5) is 0 Å². The van der Waals surface area contributed by atoms with E-state index in [1.807, 2.05) is 7.05 Å². The second-order valence-corrected chi connectivity index (χ2v) is 4.39. The lowest BCUT2D eigenvalue weighted by Crippen LogP contribution is -2.16. The molecular formula is C13H19N5. The van der Waals surface area contributed by atoms with Gasteiger partial charge in [0.2, 0.25) is 0 Å². The first kappa shape index (κ1) is 12.7. The molecule has 2 rings (SSSR count). The van der Waals surface area contributed by atoms with Gasteiger partial charge in [-0.1, -0.05) is 29.8 Å². The molecule has 1 heterocycles. The second-order valence-electron chi connectivity index (χ2n) is 4.39. The molecule has 96 valence electrons. The Hall–Kier alpha value is -1.75. The zero-order chi connectivity index (χ0) is 12.8. The van der Waals surface area contributed by atoms with E-state index in [9.17, 15) is 0 Å². The number of nitrogens with zero attached hydrogens (tertiary/aromatic N) is 4. The molecule has 0 spiro atoms. The van der Waals surface area contributed by atoms with E-state index in [1.165, 1.54) is 11.1 Å². The van der Waals surface area contributed by atoms with Crippen molar-refractivity contribution in [2.45, 2.75) is 26.3 Å². The number of benzene rings is 1. The molecule has 1 aromatic carbocycles. The molecule has 5 nitrogen and oxygen atoms in total. The largest absolute Gasteiger partial charge is 0.318 e. The van der Waals surface area contributed by atoms with Crippen molar-refractivity contribution in [1.82, 2.24) is 25.5 Å². The first-order valence-electron chi connectivity index (χ1n) is 6.25. The fourth-order valence-corrected chi connectivity index (χ4v) is 1.69. The quantitative estimate of drug-likeness (QED) is 0.824. The lowest BCUT2D eigenvalue weighted by molar-refractivity contribution is 0.505. The number of rotatable bonds is 6. The summed E-state index contributed by atoms with van der Waals surface area (Å²) < 4.78 is 0. The predicted octanol–water partition coefficient (Wildman–Crippen LogP) is 0.986. The highest BCUT2D eigenvalue weighted by atomic mass is 15.6. The standard InChI is InChI=1S/C13H19N5/c1-11-3-5-12(6-4-11)7-8-13-15-17-18(16-13)10-9-14-2/h3-6,14H,7-10H2,1-2H3. The number of tetrazole rings is 1. The third-order valence-corrected chi connectivity index (χ3v) is 2.81. The van der Waals surface area contributed by atoms with Gasteiger partial charge < -0.3 is 5.32 Å². The highest BCUT2D eigenvalue weighted by Crippen LogP contribution is 2.05. The number of hydrogen-bond acceptors (Lipinski definition) is 4. The Balaban J connectivity index is 1.86. The molecule has 0 fully saturated rings. The van der Waals surface area contributed by atoms with Gasteiger partial charge in [-0.2, -0.15) is 4.80 Å². The molecule has 0 radical (unpaired) electrons. The van der Waals surface area contributed by atoms with Crippen LogP contribution in [0.15, 0.2) is 24.3 Å². The maximum atomic E-state index is 4.33. The van der Waals surface area contributed by atoms with E-state index in [0.717, 1.165) is 31.8 Å². The van der Waals surface area contributed by atoms with Gasteiger partial charge in [-0.15, -0.1) is 10.2 Å². The Bertz CT molecular complexity index is 474. The van der Waals surface area contributed by atoms with E-state index in [1.54, 1.807) is 4.80 Å². The van der Waals surface area contributed by atoms with Gasteiger partial charge in [-0.3, -0.25) is 0 Å². The van der Waals surface area contributed by atoms with E-state index in [-0.39, 0.29) is 0 Å². The molecule has 0 amide bonds. The molecule has 0 bridgehead atoms. The predicted molar refractivity (Wildman–Crippen MR) is 70.3 cm³/mol. The van der Waals surface area contributed by atoms with Gasteiger partial charge in [0, 0.05) is 13.0 Å². The molecule has 0 aliphatic rings. The van der Waals surface area contributed by atoms with Crippen LogP contribution in [0.25, 0.3) is 0 Å². The average molecular weight is 245 g/mol. The van der Waals surface area contributed by atoms with Crippen molar-refractivity contribution in [3.63, 3.8) is 0 Å². The molecule has 0 unspecified atom stereocenters. The third kappa shape index (κ3) is 3.63. The van der Waals surface area contributed by atoms with Crippen LogP contribution in [-0.2, 0) is 19.4 Å². The summed E-state index contributed by atoms with van der Waals surface area (Å²) in [6.07, 6.45) is 1.79. The lowest BCUT2D eigenvalue weighted by Gasteiger charge is -1.99. The first-order chi connectivity index (χ1) is 8.78. The lowest BCUT2D eigenvalue weighted by atomic mass is 10.1. The Morgan fingerprint density at radius 1 is 1.17 bits per heavy atom. The van der Waals surface area contributed by atoms with Crippen molar-refractivity contribution in [2.75, 3.05) is 13.6 Å². The highest BCUT2D eigenvalue weighted by Gasteiger charge is 2.03. The number of aryl methyl sites for hydroxylation is 3. The van der Waals surface area contributed by atoms with Gasteiger partial charge in [0.15, 0.2) is 5.82 Å². The van der Waals surface area contributed by atoms with Crippen LogP contribution in [0.1, 0.15) is 17.0 Å². The summed E-state index contributed by atoms with van der Waals surface area (Å²) in [6, 6.07) is 8.57. The summed E-state index contributed by atoms with van der Waals surface area (Å²) >= 11 is 0. The van der Waals surface area contributed by atoms with Crippen molar-refractivity contribution in [3.8, 4) is 0 Å². The second kappa shape index (κ2) is 6.26. The van der Waals surface area contributed by atoms with Gasteiger partial charge >= 0.3 is 0 Å². The summed E-state index contributed by atoms with van der Waals surface area (Å²) in [6.45, 7) is 3.71. The highest BCUT2D eigenvalue weighted by molar-refractivity contribution is 5.21. The van der Waals surface area contributed by atoms with Crippen LogP contribution in [0.3, 0.4) is 0 Å². The zero-order valence-corrected chi connectivity index (χ0v) is 10.9. The summed E-state index contributed by atoms with van der Waals surface area (Å²) in [5, 5.41) is 15.5. The van der Waals surface area contributed by atoms with Gasteiger partial charge in [0.25, 0.3) is 0 Å². The summed E-state index contributed by atoms with van der Waals surface area (Å²) in [5.41, 5.74) is 2.60. The minimum atomic E-state index is 0.758. The normalized spacial score (nSPS) is 10.8. The van der Waals surface area contributed by atoms with Gasteiger partial charge in [0.1, 0.15) is 0 Å². The van der Waals surface area contributed by atoms with Crippen LogP contribution in [-0.4, -0.2) is 33.8 Å². The molecular weight excluding hydrogens is 226 g/mol. The van der Waals surface area contributed by atoms with Crippen molar-refractivity contribution in [1.29, 1.82) is 0 Å². The molecule has 0 aliphatic carbocycles. The Labute approximate surface area is 107 Å². The van der Waals surface area contributed by atoms with Crippen LogP contribution < -0.4 is 5.32 Å². The molecule has 1 aromatic heterocycles. The zero-order valence-electron chi connectivity index (χ0n) is 10.9. The molecule has 0 saturated heterocycles. The van der Waals surface area contributed by atoms with E-state index >= 15 is 0 Å². The Morgan fingerprint density at radius 3 is 2.67 bits per heavy atom. The number of nitrogens with one attached hydrogen (secondary N) is 1. The van der Waals surface area contributed by atoms with Crippen molar-refractivity contribution in [3.05, 3.63) is 41.2 Å². The van der Waals surface area contributed by atoms with Gasteiger partial charge in [-0.25, -0.2) is 0 Å². The van der Waals surface area contributed by atoms with Crippen LogP contribution in [0.2, 0.25) is 0 Å². The fraction of sp³-hybridized carbons (Fsp3) is 0.462. The van der Waals surface area contributed by atoms with Gasteiger partial charge in [-0.05, 0) is 31.2 Å². The van der Waals surface area contributed by atoms with Crippen molar-refractivity contribution in [2.24, 2.45) is 0 Å². The molecule has 2 aromatic rings. The number of hydrogen-bond donors (Lipinski definition) is 1. The number of aromatic nitrogens is 4. The molecule has 18 heavy (non-hydrogen) atoms. The smallest absolute Gasteiger partial charge is 0.175 e. The van der Waals surface area contributed by atoms with Crippen molar-refractivity contribution >= 4 is 0 Å². The molecule has 5 heteroatoms. The molecule has 0 aliphatic heterocycles. The van der Waals surface area contributed by atoms with Crippen LogP contribution in [0.5, 0.6) is 0 Å². The van der Waals surface area contributed by atoms with E-state index in [0.29, 0.717) is 0 Å². The maximum absolute atomic E-state index is 4.33. The van der Waals surface area contributed by atoms with E-state index in [2.05, 4.69) is 51.9 Å². The Kier molecular flexibility index (Phi) is 4.41. The minimum absolute atomic E-state index is 0.758. The van der Waals surface area contributed by atoms with Crippen LogP contribution in [0, 0.1) is 6.92 Å². The summed E-state index contributed by atoms with van der Waals surface area (Å²) in [7, 11) is 1.91. The third-order valence-electron chi connectivity index (χ3n) is 2.81. The van der Waals surface area contributed by atoms with Crippen LogP contribution >= 0.6 is 0 Å². The van der Waals surface area contributed by atoms with E-state index in [4.69, 9.17) is 0 Å². The maximum Gasteiger partial charge on any atom is 0.175 e. The topological polar surface area (TPSA) is 55.6 Å². The van der Waals surface area contributed by atoms with Gasteiger partial charge in [0.05, 0.1) is 6.54 Å². The van der Waals surface area contributed by atoms with Crippen molar-refractivity contribution < 1.29 is 0 Å². The summed E-state index contributed by atoms with van der Waals surface area (Å²) in [5.74, 6) is 0.812. The Morgan fingerprint density at radius 2 is 1.94 bits per heavy atom. The first-order valence-corrected chi connectivity index (χ1v) is 6.25. The average Bonchev–Trinajstić information content (AvgIpc) is 2.84. The van der Waals surface area contributed by atoms with E-state index < -0.39 is 0 Å². The SMILES string of the molecule is CNCCn1nnc(CCc2ccc(C)cc2)n1.